The van der Waals surface area contributed by atoms with Gasteiger partial charge in [-0.2, -0.15) is 0 Å². The lowest BCUT2D eigenvalue weighted by Gasteiger charge is -2.38. The summed E-state index contributed by atoms with van der Waals surface area (Å²) in [4.78, 5) is 38.1. The maximum atomic E-state index is 14.0. The van der Waals surface area contributed by atoms with Gasteiger partial charge in [0.2, 0.25) is 5.91 Å². The number of amides is 2. The van der Waals surface area contributed by atoms with Crippen LogP contribution < -0.4 is 10.1 Å². The molecule has 2 aromatic carbocycles. The highest BCUT2D eigenvalue weighted by atomic mass is 32.2. The topological polar surface area (TPSA) is 86.7 Å². The van der Waals surface area contributed by atoms with Gasteiger partial charge in [-0.3, -0.25) is 14.5 Å². The SMILES string of the molecule is CCN(CC)C(=O)C1=C(C)N=C2SC=C(CC(=O)NCCN3CCOCC3)N2C1c1cccc(Oc2ccccc2)c1. The third-order valence-corrected chi connectivity index (χ3v) is 8.52. The molecule has 1 N–H and O–H groups in total. The van der Waals surface area contributed by atoms with E-state index in [4.69, 9.17) is 14.5 Å². The smallest absolute Gasteiger partial charge is 0.254 e. The minimum Gasteiger partial charge on any atom is -0.457 e. The van der Waals surface area contributed by atoms with Crippen LogP contribution >= 0.6 is 11.8 Å². The lowest BCUT2D eigenvalue weighted by atomic mass is 9.92. The number of para-hydroxylation sites is 1. The second-order valence-electron chi connectivity index (χ2n) is 10.3. The highest BCUT2D eigenvalue weighted by molar-refractivity contribution is 8.16. The first kappa shape index (κ1) is 29.9. The molecule has 0 radical (unpaired) electrons. The zero-order chi connectivity index (χ0) is 29.5. The average molecular weight is 590 g/mol. The van der Waals surface area contributed by atoms with Crippen LogP contribution in [0.2, 0.25) is 0 Å². The van der Waals surface area contributed by atoms with Crippen molar-refractivity contribution < 1.29 is 19.1 Å². The molecule has 1 unspecified atom stereocenters. The van der Waals surface area contributed by atoms with Crippen LogP contribution in [0.1, 0.15) is 38.8 Å². The van der Waals surface area contributed by atoms with E-state index in [1.165, 1.54) is 11.8 Å². The molecule has 9 nitrogen and oxygen atoms in total. The van der Waals surface area contributed by atoms with E-state index in [1.54, 1.807) is 0 Å². The van der Waals surface area contributed by atoms with Crippen molar-refractivity contribution in [2.75, 3.05) is 52.5 Å². The summed E-state index contributed by atoms with van der Waals surface area (Å²) in [5, 5.41) is 5.82. The number of nitrogens with zero attached hydrogens (tertiary/aromatic N) is 4. The van der Waals surface area contributed by atoms with Crippen LogP contribution in [0.4, 0.5) is 0 Å². The molecular weight excluding hydrogens is 550 g/mol. The summed E-state index contributed by atoms with van der Waals surface area (Å²) in [5.74, 6) is 1.30. The Labute approximate surface area is 252 Å². The Kier molecular flexibility index (Phi) is 9.99. The number of likely N-dealkylation sites (N-methyl/N-ethyl adjacent to an activating group) is 1. The van der Waals surface area contributed by atoms with Crippen molar-refractivity contribution in [3.05, 3.63) is 82.5 Å². The number of rotatable bonds is 11. The van der Waals surface area contributed by atoms with Crippen molar-refractivity contribution in [2.24, 2.45) is 4.99 Å². The molecule has 5 rings (SSSR count). The van der Waals surface area contributed by atoms with Crippen LogP contribution in [0.15, 0.2) is 82.0 Å². The van der Waals surface area contributed by atoms with Crippen molar-refractivity contribution in [1.29, 1.82) is 0 Å². The summed E-state index contributed by atoms with van der Waals surface area (Å²) < 4.78 is 11.6. The summed E-state index contributed by atoms with van der Waals surface area (Å²) >= 11 is 1.49. The predicted molar refractivity (Wildman–Crippen MR) is 166 cm³/mol. The maximum absolute atomic E-state index is 14.0. The second-order valence-corrected chi connectivity index (χ2v) is 11.2. The van der Waals surface area contributed by atoms with E-state index in [1.807, 2.05) is 85.7 Å². The molecule has 2 aromatic rings. The van der Waals surface area contributed by atoms with Gasteiger partial charge >= 0.3 is 0 Å². The number of hydrogen-bond acceptors (Lipinski definition) is 8. The Morgan fingerprint density at radius 3 is 2.55 bits per heavy atom. The summed E-state index contributed by atoms with van der Waals surface area (Å²) in [6.45, 7) is 11.6. The number of carbonyl (C=O) groups excluding carboxylic acids is 2. The summed E-state index contributed by atoms with van der Waals surface area (Å²) in [7, 11) is 0. The third-order valence-electron chi connectivity index (χ3n) is 7.63. The molecule has 3 aliphatic rings. The van der Waals surface area contributed by atoms with Crippen LogP contribution in [0, 0.1) is 0 Å². The Morgan fingerprint density at radius 2 is 1.81 bits per heavy atom. The Bertz CT molecular complexity index is 1370. The first-order chi connectivity index (χ1) is 20.5. The highest BCUT2D eigenvalue weighted by Gasteiger charge is 2.41. The van der Waals surface area contributed by atoms with Crippen LogP contribution in [-0.2, 0) is 14.3 Å². The fourth-order valence-electron chi connectivity index (χ4n) is 5.42. The van der Waals surface area contributed by atoms with Crippen LogP contribution in [0.25, 0.3) is 0 Å². The number of morpholine rings is 1. The molecule has 1 saturated heterocycles. The van der Waals surface area contributed by atoms with Gasteiger partial charge in [-0.1, -0.05) is 42.1 Å². The largest absolute Gasteiger partial charge is 0.457 e. The van der Waals surface area contributed by atoms with E-state index in [-0.39, 0.29) is 18.2 Å². The number of hydrogen-bond donors (Lipinski definition) is 1. The van der Waals surface area contributed by atoms with E-state index in [0.717, 1.165) is 55.0 Å². The number of benzene rings is 2. The number of ether oxygens (including phenoxy) is 2. The van der Waals surface area contributed by atoms with Crippen molar-refractivity contribution in [3.8, 4) is 11.5 Å². The molecule has 0 aromatic heterocycles. The number of carbonyl (C=O) groups is 2. The van der Waals surface area contributed by atoms with E-state index in [0.29, 0.717) is 36.7 Å². The number of amidine groups is 1. The molecule has 0 saturated carbocycles. The molecule has 3 heterocycles. The first-order valence-electron chi connectivity index (χ1n) is 14.6. The predicted octanol–water partition coefficient (Wildman–Crippen LogP) is 4.76. The van der Waals surface area contributed by atoms with Crippen molar-refractivity contribution >= 4 is 28.7 Å². The quantitative estimate of drug-likeness (QED) is 0.405. The lowest BCUT2D eigenvalue weighted by Crippen LogP contribution is -2.43. The third kappa shape index (κ3) is 6.88. The van der Waals surface area contributed by atoms with Crippen molar-refractivity contribution in [1.82, 2.24) is 20.0 Å². The zero-order valence-electron chi connectivity index (χ0n) is 24.5. The molecule has 42 heavy (non-hydrogen) atoms. The molecule has 3 aliphatic heterocycles. The molecule has 0 spiro atoms. The number of aliphatic imine (C=N–C) groups is 1. The van der Waals surface area contributed by atoms with Gasteiger partial charge in [0.25, 0.3) is 5.91 Å². The average Bonchev–Trinajstić information content (AvgIpc) is 3.39. The number of allylic oxidation sites excluding steroid dienone is 1. The van der Waals surface area contributed by atoms with Gasteiger partial charge in [0.05, 0.1) is 36.9 Å². The Balaban J connectivity index is 1.41. The highest BCUT2D eigenvalue weighted by Crippen LogP contribution is 2.45. The molecule has 1 fully saturated rings. The summed E-state index contributed by atoms with van der Waals surface area (Å²) in [5.41, 5.74) is 3.02. The van der Waals surface area contributed by atoms with Crippen molar-refractivity contribution in [3.63, 3.8) is 0 Å². The minimum atomic E-state index is -0.452. The Morgan fingerprint density at radius 1 is 1.07 bits per heavy atom. The molecule has 0 bridgehead atoms. The van der Waals surface area contributed by atoms with Gasteiger partial charge in [0.1, 0.15) is 11.5 Å². The first-order valence-corrected chi connectivity index (χ1v) is 15.5. The summed E-state index contributed by atoms with van der Waals surface area (Å²) in [6, 6.07) is 17.0. The minimum absolute atomic E-state index is 0.0501. The number of fused-ring (bicyclic) bond motifs is 1. The molecule has 10 heteroatoms. The fourth-order valence-corrected chi connectivity index (χ4v) is 6.38. The zero-order valence-corrected chi connectivity index (χ0v) is 25.4. The van der Waals surface area contributed by atoms with Gasteiger partial charge in [-0.25, -0.2) is 4.99 Å². The van der Waals surface area contributed by atoms with E-state index < -0.39 is 6.04 Å². The lowest BCUT2D eigenvalue weighted by molar-refractivity contribution is -0.127. The van der Waals surface area contributed by atoms with Crippen LogP contribution in [0.5, 0.6) is 11.5 Å². The monoisotopic (exact) mass is 589 g/mol. The fraction of sp³-hybridized carbons (Fsp3) is 0.406. The molecule has 222 valence electrons. The van der Waals surface area contributed by atoms with E-state index in [9.17, 15) is 9.59 Å². The van der Waals surface area contributed by atoms with Gasteiger partial charge in [-0.15, -0.1) is 0 Å². The van der Waals surface area contributed by atoms with E-state index in [2.05, 4.69) is 15.1 Å². The van der Waals surface area contributed by atoms with Crippen molar-refractivity contribution in [2.45, 2.75) is 33.2 Å². The maximum Gasteiger partial charge on any atom is 0.254 e. The Hall–Kier alpha value is -3.60. The van der Waals surface area contributed by atoms with E-state index >= 15 is 0 Å². The standard InChI is InChI=1S/C32H39N5O4S/c1-4-36(5-2)31(39)29-23(3)34-32-37(25(22-42-32)21-28(38)33-14-15-35-16-18-40-19-17-35)30(29)24-10-9-13-27(20-24)41-26-11-7-6-8-12-26/h6-13,20,22,30H,4-5,14-19,21H2,1-3H3,(H,33,38). The summed E-state index contributed by atoms with van der Waals surface area (Å²) in [6.07, 6.45) is 0.192. The van der Waals surface area contributed by atoms with Crippen LogP contribution in [-0.4, -0.2) is 84.2 Å². The van der Waals surface area contributed by atoms with Crippen LogP contribution in [0.3, 0.4) is 0 Å². The normalized spacial score (nSPS) is 18.7. The molecule has 0 aliphatic carbocycles. The number of nitrogens with one attached hydrogen (secondary N) is 1. The second kappa shape index (κ2) is 14.0. The molecular formula is C32H39N5O4S. The van der Waals surface area contributed by atoms with Gasteiger partial charge in [0.15, 0.2) is 5.17 Å². The molecule has 1 atom stereocenters. The molecule has 2 amide bonds. The van der Waals surface area contributed by atoms with Gasteiger partial charge in [0, 0.05) is 45.0 Å². The van der Waals surface area contributed by atoms with Gasteiger partial charge < -0.3 is 24.6 Å². The van der Waals surface area contributed by atoms with Gasteiger partial charge in [-0.05, 0) is 56.0 Å². The number of thioether (sulfide) groups is 1.